The Bertz CT molecular complexity index is 495. The molecule has 0 bridgehead atoms. The molecule has 0 saturated carbocycles. The standard InChI is InChI=1S/C12H16ClN3O2/c1-3-7-14-8(4-2)11-15-16-12(18-11)9-5-6-10(13)17-9/h5-6,8,14H,3-4,7H2,1-2H3. The van der Waals surface area contributed by atoms with Crippen molar-refractivity contribution >= 4 is 11.6 Å². The van der Waals surface area contributed by atoms with E-state index in [-0.39, 0.29) is 6.04 Å². The van der Waals surface area contributed by atoms with Crippen LogP contribution in [0.1, 0.15) is 38.6 Å². The number of nitrogens with zero attached hydrogens (tertiary/aromatic N) is 2. The first-order chi connectivity index (χ1) is 8.74. The molecule has 0 aliphatic heterocycles. The molecule has 2 heterocycles. The fourth-order valence-electron chi connectivity index (χ4n) is 1.63. The Morgan fingerprint density at radius 1 is 1.28 bits per heavy atom. The van der Waals surface area contributed by atoms with Crippen LogP contribution in [0, 0.1) is 0 Å². The maximum atomic E-state index is 5.71. The molecule has 0 aliphatic rings. The number of nitrogens with one attached hydrogen (secondary N) is 1. The van der Waals surface area contributed by atoms with E-state index in [0.29, 0.717) is 22.8 Å². The Kier molecular flexibility index (Phi) is 4.38. The summed E-state index contributed by atoms with van der Waals surface area (Å²) in [7, 11) is 0. The van der Waals surface area contributed by atoms with Crippen molar-refractivity contribution < 1.29 is 8.83 Å². The molecule has 2 rings (SSSR count). The van der Waals surface area contributed by atoms with Crippen LogP contribution in [0.3, 0.4) is 0 Å². The minimum Gasteiger partial charge on any atom is -0.440 e. The molecule has 0 aliphatic carbocycles. The molecule has 18 heavy (non-hydrogen) atoms. The van der Waals surface area contributed by atoms with Gasteiger partial charge < -0.3 is 14.2 Å². The highest BCUT2D eigenvalue weighted by atomic mass is 35.5. The molecule has 0 amide bonds. The predicted octanol–water partition coefficient (Wildman–Crippen LogP) is 3.43. The topological polar surface area (TPSA) is 64.1 Å². The second kappa shape index (κ2) is 6.02. The van der Waals surface area contributed by atoms with Gasteiger partial charge in [-0.3, -0.25) is 0 Å². The van der Waals surface area contributed by atoms with Gasteiger partial charge in [-0.15, -0.1) is 10.2 Å². The van der Waals surface area contributed by atoms with Crippen LogP contribution in [-0.2, 0) is 0 Å². The summed E-state index contributed by atoms with van der Waals surface area (Å²) in [5, 5.41) is 11.7. The summed E-state index contributed by atoms with van der Waals surface area (Å²) < 4.78 is 10.8. The van der Waals surface area contributed by atoms with Gasteiger partial charge in [-0.2, -0.15) is 0 Å². The first-order valence-electron chi connectivity index (χ1n) is 6.07. The Balaban J connectivity index is 2.13. The number of aromatic nitrogens is 2. The lowest BCUT2D eigenvalue weighted by Gasteiger charge is -2.11. The van der Waals surface area contributed by atoms with Crippen LogP contribution in [0.5, 0.6) is 0 Å². The lowest BCUT2D eigenvalue weighted by molar-refractivity contribution is 0.391. The largest absolute Gasteiger partial charge is 0.440 e. The van der Waals surface area contributed by atoms with Crippen LogP contribution in [0.25, 0.3) is 11.7 Å². The van der Waals surface area contributed by atoms with Gasteiger partial charge in [0.15, 0.2) is 11.0 Å². The van der Waals surface area contributed by atoms with Crippen molar-refractivity contribution in [1.82, 2.24) is 15.5 Å². The molecule has 98 valence electrons. The van der Waals surface area contributed by atoms with Gasteiger partial charge in [0.05, 0.1) is 6.04 Å². The maximum Gasteiger partial charge on any atom is 0.283 e. The highest BCUT2D eigenvalue weighted by molar-refractivity contribution is 6.28. The Labute approximate surface area is 111 Å². The molecular formula is C12H16ClN3O2. The minimum atomic E-state index is 0.0802. The molecule has 0 radical (unpaired) electrons. The van der Waals surface area contributed by atoms with Gasteiger partial charge in [0.2, 0.25) is 5.89 Å². The number of halogens is 1. The van der Waals surface area contributed by atoms with Crippen LogP contribution in [0.15, 0.2) is 21.0 Å². The van der Waals surface area contributed by atoms with E-state index in [1.165, 1.54) is 0 Å². The summed E-state index contributed by atoms with van der Waals surface area (Å²) in [6, 6.07) is 3.43. The van der Waals surface area contributed by atoms with Gasteiger partial charge in [0.1, 0.15) is 0 Å². The Hall–Kier alpha value is -1.33. The van der Waals surface area contributed by atoms with E-state index < -0.39 is 0 Å². The number of hydrogen-bond acceptors (Lipinski definition) is 5. The zero-order valence-corrected chi connectivity index (χ0v) is 11.2. The zero-order chi connectivity index (χ0) is 13.0. The van der Waals surface area contributed by atoms with E-state index in [9.17, 15) is 0 Å². The third-order valence-corrected chi connectivity index (χ3v) is 2.77. The number of furan rings is 1. The first kappa shape index (κ1) is 13.1. The molecule has 1 unspecified atom stereocenters. The van der Waals surface area contributed by atoms with Gasteiger partial charge in [-0.05, 0) is 43.1 Å². The van der Waals surface area contributed by atoms with Gasteiger partial charge in [0.25, 0.3) is 5.89 Å². The summed E-state index contributed by atoms with van der Waals surface area (Å²) in [4.78, 5) is 0. The first-order valence-corrected chi connectivity index (χ1v) is 6.44. The fraction of sp³-hybridized carbons (Fsp3) is 0.500. The lowest BCUT2D eigenvalue weighted by atomic mass is 10.2. The summed E-state index contributed by atoms with van der Waals surface area (Å²) >= 11 is 5.71. The Morgan fingerprint density at radius 2 is 2.11 bits per heavy atom. The molecular weight excluding hydrogens is 254 g/mol. The van der Waals surface area contributed by atoms with Gasteiger partial charge >= 0.3 is 0 Å². The average molecular weight is 270 g/mol. The molecule has 1 atom stereocenters. The maximum absolute atomic E-state index is 5.71. The normalized spacial score (nSPS) is 12.8. The molecule has 2 aromatic rings. The molecule has 1 N–H and O–H groups in total. The van der Waals surface area contributed by atoms with Crippen molar-refractivity contribution in [3.05, 3.63) is 23.2 Å². The van der Waals surface area contributed by atoms with Crippen LogP contribution < -0.4 is 5.32 Å². The molecule has 0 fully saturated rings. The molecule has 2 aromatic heterocycles. The van der Waals surface area contributed by atoms with E-state index in [0.717, 1.165) is 19.4 Å². The van der Waals surface area contributed by atoms with Crippen molar-refractivity contribution in [2.75, 3.05) is 6.54 Å². The number of rotatable bonds is 6. The molecule has 0 spiro atoms. The molecule has 5 nitrogen and oxygen atoms in total. The summed E-state index contributed by atoms with van der Waals surface area (Å²) in [6.07, 6.45) is 1.95. The van der Waals surface area contributed by atoms with E-state index in [1.54, 1.807) is 12.1 Å². The highest BCUT2D eigenvalue weighted by Crippen LogP contribution is 2.25. The summed E-state index contributed by atoms with van der Waals surface area (Å²) in [5.41, 5.74) is 0. The van der Waals surface area contributed by atoms with Crippen molar-refractivity contribution in [2.24, 2.45) is 0 Å². The Morgan fingerprint density at radius 3 is 2.72 bits per heavy atom. The lowest BCUT2D eigenvalue weighted by Crippen LogP contribution is -2.21. The second-order valence-corrected chi connectivity index (χ2v) is 4.34. The zero-order valence-electron chi connectivity index (χ0n) is 10.4. The molecule has 0 aromatic carbocycles. The molecule has 6 heteroatoms. The number of hydrogen-bond donors (Lipinski definition) is 1. The van der Waals surface area contributed by atoms with Crippen LogP contribution in [0.2, 0.25) is 5.22 Å². The van der Waals surface area contributed by atoms with E-state index in [1.807, 2.05) is 0 Å². The van der Waals surface area contributed by atoms with Crippen molar-refractivity contribution in [3.8, 4) is 11.7 Å². The third kappa shape index (κ3) is 2.91. The fourth-order valence-corrected chi connectivity index (χ4v) is 1.78. The smallest absolute Gasteiger partial charge is 0.283 e. The minimum absolute atomic E-state index is 0.0802. The second-order valence-electron chi connectivity index (χ2n) is 3.96. The summed E-state index contributed by atoms with van der Waals surface area (Å²) in [5.74, 6) is 1.42. The van der Waals surface area contributed by atoms with Crippen molar-refractivity contribution in [3.63, 3.8) is 0 Å². The van der Waals surface area contributed by atoms with Gasteiger partial charge in [-0.1, -0.05) is 13.8 Å². The van der Waals surface area contributed by atoms with Crippen molar-refractivity contribution in [1.29, 1.82) is 0 Å². The predicted molar refractivity (Wildman–Crippen MR) is 68.3 cm³/mol. The van der Waals surface area contributed by atoms with Crippen LogP contribution in [0.4, 0.5) is 0 Å². The van der Waals surface area contributed by atoms with Crippen LogP contribution >= 0.6 is 11.6 Å². The van der Waals surface area contributed by atoms with E-state index in [4.69, 9.17) is 20.4 Å². The van der Waals surface area contributed by atoms with Gasteiger partial charge in [-0.25, -0.2) is 0 Å². The highest BCUT2D eigenvalue weighted by Gasteiger charge is 2.18. The average Bonchev–Trinajstić information content (AvgIpc) is 2.99. The van der Waals surface area contributed by atoms with E-state index >= 15 is 0 Å². The summed E-state index contributed by atoms with van der Waals surface area (Å²) in [6.45, 7) is 5.10. The van der Waals surface area contributed by atoms with Crippen LogP contribution in [-0.4, -0.2) is 16.7 Å². The van der Waals surface area contributed by atoms with Crippen molar-refractivity contribution in [2.45, 2.75) is 32.7 Å². The monoisotopic (exact) mass is 269 g/mol. The quantitative estimate of drug-likeness (QED) is 0.870. The van der Waals surface area contributed by atoms with Gasteiger partial charge in [0, 0.05) is 0 Å². The molecule has 0 saturated heterocycles. The van der Waals surface area contributed by atoms with E-state index in [2.05, 4.69) is 29.4 Å². The SMILES string of the molecule is CCCNC(CC)c1nnc(-c2ccc(Cl)o2)o1. The third-order valence-electron chi connectivity index (χ3n) is 2.57.